The third-order valence-electron chi connectivity index (χ3n) is 5.73. The highest BCUT2D eigenvalue weighted by molar-refractivity contribution is 6.06. The third-order valence-corrected chi connectivity index (χ3v) is 5.73. The van der Waals surface area contributed by atoms with Crippen LogP contribution >= 0.6 is 0 Å². The minimum absolute atomic E-state index is 0.00580. The maximum absolute atomic E-state index is 12.9. The number of carbonyl (C=O) groups excluding carboxylic acids is 4. The number of nitrogens with one attached hydrogen (secondary N) is 3. The molecule has 2 heterocycles. The van der Waals surface area contributed by atoms with Crippen molar-refractivity contribution in [2.24, 2.45) is 5.11 Å². The smallest absolute Gasteiger partial charge is 0.255 e. The van der Waals surface area contributed by atoms with Crippen molar-refractivity contribution in [3.63, 3.8) is 0 Å². The van der Waals surface area contributed by atoms with E-state index < -0.39 is 11.9 Å². The van der Waals surface area contributed by atoms with Gasteiger partial charge in [-0.2, -0.15) is 0 Å². The minimum Gasteiger partial charge on any atom is -0.379 e. The van der Waals surface area contributed by atoms with Crippen LogP contribution in [0.25, 0.3) is 10.4 Å². The first-order valence-electron chi connectivity index (χ1n) is 12.0. The SMILES string of the molecule is [N-]=[N+]=NCCOCCOCCOCCNC(=O)CNc1cccc2c1CN(C1CCC(=O)NC1=O)C2=O. The van der Waals surface area contributed by atoms with Crippen molar-refractivity contribution in [2.75, 3.05) is 64.6 Å². The lowest BCUT2D eigenvalue weighted by Crippen LogP contribution is -2.52. The van der Waals surface area contributed by atoms with Crippen LogP contribution in [0, 0.1) is 0 Å². The standard InChI is InChI=1S/C23H31N7O7/c24-29-27-7-9-36-11-13-37-12-10-35-8-6-25-21(32)14-26-18-3-1-2-16-17(18)15-30(23(16)34)19-4-5-20(31)28-22(19)33/h1-3,19,26H,4-15H2,(H,25,32)(H,28,31,33). The van der Waals surface area contributed by atoms with Gasteiger partial charge in [-0.25, -0.2) is 0 Å². The zero-order valence-corrected chi connectivity index (χ0v) is 20.4. The molecule has 0 bridgehead atoms. The van der Waals surface area contributed by atoms with E-state index in [9.17, 15) is 19.2 Å². The highest BCUT2D eigenvalue weighted by Crippen LogP contribution is 2.32. The molecule has 0 aromatic heterocycles. The van der Waals surface area contributed by atoms with Crippen LogP contribution in [0.1, 0.15) is 28.8 Å². The van der Waals surface area contributed by atoms with Crippen LogP contribution in [-0.4, -0.2) is 93.8 Å². The van der Waals surface area contributed by atoms with E-state index in [0.717, 1.165) is 5.56 Å². The molecule has 37 heavy (non-hydrogen) atoms. The van der Waals surface area contributed by atoms with Crippen LogP contribution < -0.4 is 16.0 Å². The van der Waals surface area contributed by atoms with E-state index in [4.69, 9.17) is 19.7 Å². The summed E-state index contributed by atoms with van der Waals surface area (Å²) in [6.45, 7) is 3.10. The summed E-state index contributed by atoms with van der Waals surface area (Å²) in [7, 11) is 0. The van der Waals surface area contributed by atoms with Crippen LogP contribution in [0.5, 0.6) is 0 Å². The molecule has 3 rings (SSSR count). The Morgan fingerprint density at radius 1 is 1.11 bits per heavy atom. The second-order valence-electron chi connectivity index (χ2n) is 8.23. The number of fused-ring (bicyclic) bond motifs is 1. The Kier molecular flexibility index (Phi) is 11.1. The molecule has 0 aliphatic carbocycles. The second kappa shape index (κ2) is 14.8. The van der Waals surface area contributed by atoms with E-state index in [-0.39, 0.29) is 50.2 Å². The number of imide groups is 1. The number of carbonyl (C=O) groups is 4. The molecular weight excluding hydrogens is 486 g/mol. The van der Waals surface area contributed by atoms with Crippen LogP contribution in [0.4, 0.5) is 5.69 Å². The Bertz CT molecular complexity index is 1030. The number of hydrogen-bond donors (Lipinski definition) is 3. The number of rotatable bonds is 16. The van der Waals surface area contributed by atoms with Crippen LogP contribution in [0.3, 0.4) is 0 Å². The van der Waals surface area contributed by atoms with Crippen molar-refractivity contribution >= 4 is 29.3 Å². The fourth-order valence-electron chi connectivity index (χ4n) is 3.94. The van der Waals surface area contributed by atoms with E-state index in [1.54, 1.807) is 18.2 Å². The summed E-state index contributed by atoms with van der Waals surface area (Å²) in [4.78, 5) is 52.8. The fourth-order valence-corrected chi connectivity index (χ4v) is 3.94. The predicted molar refractivity (Wildman–Crippen MR) is 130 cm³/mol. The average molecular weight is 518 g/mol. The molecule has 2 aliphatic heterocycles. The number of piperidine rings is 1. The summed E-state index contributed by atoms with van der Waals surface area (Å²) in [5.41, 5.74) is 9.98. The van der Waals surface area contributed by atoms with Crippen LogP contribution in [0.2, 0.25) is 0 Å². The Hall–Kier alpha value is -3.71. The monoisotopic (exact) mass is 517 g/mol. The normalized spacial score (nSPS) is 16.7. The largest absolute Gasteiger partial charge is 0.379 e. The molecule has 14 nitrogen and oxygen atoms in total. The summed E-state index contributed by atoms with van der Waals surface area (Å²) in [5.74, 6) is -1.30. The summed E-state index contributed by atoms with van der Waals surface area (Å²) in [5, 5.41) is 11.5. The van der Waals surface area contributed by atoms with Gasteiger partial charge in [0.05, 0.1) is 46.2 Å². The van der Waals surface area contributed by atoms with Gasteiger partial charge in [0.2, 0.25) is 17.7 Å². The molecule has 1 aromatic carbocycles. The first-order chi connectivity index (χ1) is 18.0. The molecule has 1 saturated heterocycles. The predicted octanol–water partition coefficient (Wildman–Crippen LogP) is 0.336. The van der Waals surface area contributed by atoms with Crippen molar-refractivity contribution in [1.82, 2.24) is 15.5 Å². The number of anilines is 1. The third kappa shape index (κ3) is 8.43. The van der Waals surface area contributed by atoms with Crippen molar-refractivity contribution < 1.29 is 33.4 Å². The fraction of sp³-hybridized carbons (Fsp3) is 0.565. The van der Waals surface area contributed by atoms with Gasteiger partial charge in [0.1, 0.15) is 6.04 Å². The number of nitrogens with zero attached hydrogens (tertiary/aromatic N) is 4. The van der Waals surface area contributed by atoms with E-state index in [1.807, 2.05) is 0 Å². The molecule has 14 heteroatoms. The number of azide groups is 1. The molecule has 1 atom stereocenters. The lowest BCUT2D eigenvalue weighted by Gasteiger charge is -2.29. The van der Waals surface area contributed by atoms with Crippen LogP contribution in [-0.2, 0) is 35.1 Å². The zero-order chi connectivity index (χ0) is 26.5. The van der Waals surface area contributed by atoms with Crippen molar-refractivity contribution in [3.8, 4) is 0 Å². The Morgan fingerprint density at radius 2 is 1.84 bits per heavy atom. The summed E-state index contributed by atoms with van der Waals surface area (Å²) in [6.07, 6.45) is 0.479. The first kappa shape index (κ1) is 27.9. The average Bonchev–Trinajstić information content (AvgIpc) is 3.22. The topological polar surface area (TPSA) is 184 Å². The number of hydrogen-bond acceptors (Lipinski definition) is 9. The summed E-state index contributed by atoms with van der Waals surface area (Å²) in [6, 6.07) is 4.50. The van der Waals surface area contributed by atoms with Gasteiger partial charge in [-0.15, -0.1) is 0 Å². The Balaban J connectivity index is 1.30. The summed E-state index contributed by atoms with van der Waals surface area (Å²) < 4.78 is 16.0. The van der Waals surface area contributed by atoms with E-state index in [1.165, 1.54) is 4.90 Å². The van der Waals surface area contributed by atoms with Crippen molar-refractivity contribution in [3.05, 3.63) is 39.8 Å². The molecule has 1 unspecified atom stereocenters. The molecule has 1 aromatic rings. The van der Waals surface area contributed by atoms with Gasteiger partial charge in [-0.1, -0.05) is 11.2 Å². The lowest BCUT2D eigenvalue weighted by molar-refractivity contribution is -0.137. The second-order valence-corrected chi connectivity index (χ2v) is 8.23. The maximum atomic E-state index is 12.9. The molecule has 0 radical (unpaired) electrons. The highest BCUT2D eigenvalue weighted by Gasteiger charge is 2.39. The number of benzene rings is 1. The van der Waals surface area contributed by atoms with Crippen molar-refractivity contribution in [1.29, 1.82) is 0 Å². The molecule has 1 fully saturated rings. The number of amides is 4. The van der Waals surface area contributed by atoms with Crippen LogP contribution in [0.15, 0.2) is 23.3 Å². The van der Waals surface area contributed by atoms with Gasteiger partial charge in [0.15, 0.2) is 0 Å². The van der Waals surface area contributed by atoms with Crippen molar-refractivity contribution in [2.45, 2.75) is 25.4 Å². The lowest BCUT2D eigenvalue weighted by atomic mass is 10.0. The number of ether oxygens (including phenoxy) is 3. The molecule has 4 amide bonds. The molecular formula is C23H31N7O7. The highest BCUT2D eigenvalue weighted by atomic mass is 16.5. The van der Waals surface area contributed by atoms with Gasteiger partial charge in [0.25, 0.3) is 5.91 Å². The molecule has 0 spiro atoms. The minimum atomic E-state index is -0.692. The van der Waals surface area contributed by atoms with E-state index >= 15 is 0 Å². The van der Waals surface area contributed by atoms with Gasteiger partial charge in [-0.05, 0) is 24.1 Å². The molecule has 0 saturated carbocycles. The quantitative estimate of drug-likeness (QED) is 0.0921. The maximum Gasteiger partial charge on any atom is 0.255 e. The van der Waals surface area contributed by atoms with Gasteiger partial charge < -0.3 is 29.7 Å². The summed E-state index contributed by atoms with van der Waals surface area (Å²) >= 11 is 0. The van der Waals surface area contributed by atoms with Gasteiger partial charge >= 0.3 is 0 Å². The zero-order valence-electron chi connectivity index (χ0n) is 20.4. The molecule has 2 aliphatic rings. The van der Waals surface area contributed by atoms with Gasteiger partial charge in [-0.3, -0.25) is 24.5 Å². The van der Waals surface area contributed by atoms with E-state index in [2.05, 4.69) is 26.0 Å². The molecule has 200 valence electrons. The van der Waals surface area contributed by atoms with E-state index in [0.29, 0.717) is 57.4 Å². The molecule has 3 N–H and O–H groups in total. The van der Waals surface area contributed by atoms with Gasteiger partial charge in [0, 0.05) is 47.8 Å². The Morgan fingerprint density at radius 3 is 2.57 bits per heavy atom. The first-order valence-corrected chi connectivity index (χ1v) is 12.0. The Labute approximate surface area is 213 Å².